The summed E-state index contributed by atoms with van der Waals surface area (Å²) in [6.07, 6.45) is 6.44. The first-order chi connectivity index (χ1) is 10.2. The summed E-state index contributed by atoms with van der Waals surface area (Å²) < 4.78 is 0. The Bertz CT molecular complexity index is 505. The molecule has 2 unspecified atom stereocenters. The summed E-state index contributed by atoms with van der Waals surface area (Å²) >= 11 is 0. The van der Waals surface area contributed by atoms with E-state index in [2.05, 4.69) is 27.3 Å². The number of hydrogen-bond acceptors (Lipinski definition) is 6. The van der Waals surface area contributed by atoms with E-state index in [0.29, 0.717) is 23.5 Å². The molecule has 2 atom stereocenters. The number of hydrazine groups is 1. The molecule has 3 heterocycles. The Morgan fingerprint density at radius 1 is 1.33 bits per heavy atom. The number of nitrogens with two attached hydrogens (primary N) is 1. The van der Waals surface area contributed by atoms with E-state index in [1.807, 2.05) is 4.90 Å². The molecule has 21 heavy (non-hydrogen) atoms. The van der Waals surface area contributed by atoms with Crippen LogP contribution >= 0.6 is 0 Å². The Kier molecular flexibility index (Phi) is 4.03. The highest BCUT2D eigenvalue weighted by molar-refractivity contribution is 5.92. The molecule has 0 spiro atoms. The second kappa shape index (κ2) is 5.95. The highest BCUT2D eigenvalue weighted by Gasteiger charge is 2.36. The Balaban J connectivity index is 1.68. The van der Waals surface area contributed by atoms with E-state index >= 15 is 0 Å². The second-order valence-electron chi connectivity index (χ2n) is 5.92. The minimum atomic E-state index is -0.0299. The highest BCUT2D eigenvalue weighted by Crippen LogP contribution is 2.29. The summed E-state index contributed by atoms with van der Waals surface area (Å²) in [5.41, 5.74) is 2.80. The molecule has 0 aliphatic carbocycles. The molecule has 7 heteroatoms. The van der Waals surface area contributed by atoms with Crippen LogP contribution in [0.2, 0.25) is 0 Å². The number of nitrogens with one attached hydrogen (secondary N) is 1. The van der Waals surface area contributed by atoms with Crippen molar-refractivity contribution in [3.8, 4) is 0 Å². The number of carbonyl (C=O) groups excluding carboxylic acids is 1. The second-order valence-corrected chi connectivity index (χ2v) is 5.92. The van der Waals surface area contributed by atoms with Gasteiger partial charge >= 0.3 is 0 Å². The number of amides is 1. The SMILES string of the molecule is CN1CCCC2CN(C(=O)c3cnc(NN)cn3)CCC21. The lowest BCUT2D eigenvalue weighted by molar-refractivity contribution is 0.0313. The third-order valence-electron chi connectivity index (χ3n) is 4.65. The summed E-state index contributed by atoms with van der Waals surface area (Å²) in [6, 6.07) is 0.623. The first-order valence-corrected chi connectivity index (χ1v) is 7.47. The van der Waals surface area contributed by atoms with Crippen molar-refractivity contribution < 1.29 is 4.79 Å². The van der Waals surface area contributed by atoms with Gasteiger partial charge in [0, 0.05) is 19.1 Å². The predicted octanol–water partition coefficient (Wildman–Crippen LogP) is 0.319. The standard InChI is InChI=1S/C14H22N6O/c1-19-5-2-3-10-9-20(6-4-12(10)19)14(21)11-7-17-13(18-15)8-16-11/h7-8,10,12H,2-6,9,15H2,1H3,(H,17,18). The van der Waals surface area contributed by atoms with Crippen LogP contribution in [0.4, 0.5) is 5.82 Å². The zero-order valence-electron chi connectivity index (χ0n) is 12.3. The Morgan fingerprint density at radius 2 is 2.19 bits per heavy atom. The molecule has 7 nitrogen and oxygen atoms in total. The maximum Gasteiger partial charge on any atom is 0.274 e. The third-order valence-corrected chi connectivity index (χ3v) is 4.65. The van der Waals surface area contributed by atoms with Crippen molar-refractivity contribution in [3.63, 3.8) is 0 Å². The van der Waals surface area contributed by atoms with Crippen LogP contribution in [0.5, 0.6) is 0 Å². The van der Waals surface area contributed by atoms with Crippen LogP contribution in [0.1, 0.15) is 29.8 Å². The fraction of sp³-hybridized carbons (Fsp3) is 0.643. The fourth-order valence-electron chi connectivity index (χ4n) is 3.51. The summed E-state index contributed by atoms with van der Waals surface area (Å²) in [7, 11) is 2.19. The van der Waals surface area contributed by atoms with Crippen LogP contribution in [0.3, 0.4) is 0 Å². The predicted molar refractivity (Wildman–Crippen MR) is 79.5 cm³/mol. The van der Waals surface area contributed by atoms with Crippen LogP contribution in [-0.2, 0) is 0 Å². The molecular weight excluding hydrogens is 268 g/mol. The molecule has 2 aliphatic heterocycles. The maximum absolute atomic E-state index is 12.5. The zero-order valence-corrected chi connectivity index (χ0v) is 12.3. The quantitative estimate of drug-likeness (QED) is 0.602. The van der Waals surface area contributed by atoms with Gasteiger partial charge in [0.05, 0.1) is 12.4 Å². The van der Waals surface area contributed by atoms with Crippen molar-refractivity contribution in [2.75, 3.05) is 32.1 Å². The molecule has 0 aromatic carbocycles. The van der Waals surface area contributed by atoms with Gasteiger partial charge in [0.2, 0.25) is 0 Å². The number of rotatable bonds is 2. The van der Waals surface area contributed by atoms with Crippen molar-refractivity contribution >= 4 is 11.7 Å². The molecule has 114 valence electrons. The van der Waals surface area contributed by atoms with Gasteiger partial charge in [0.15, 0.2) is 5.82 Å². The van der Waals surface area contributed by atoms with E-state index in [0.717, 1.165) is 19.5 Å². The molecule has 1 amide bonds. The normalized spacial score (nSPS) is 26.3. The summed E-state index contributed by atoms with van der Waals surface area (Å²) in [5.74, 6) is 6.26. The number of anilines is 1. The van der Waals surface area contributed by atoms with E-state index in [9.17, 15) is 4.79 Å². The maximum atomic E-state index is 12.5. The number of nitrogen functional groups attached to an aromatic ring is 1. The zero-order chi connectivity index (χ0) is 14.8. The van der Waals surface area contributed by atoms with Gasteiger partial charge < -0.3 is 15.2 Å². The lowest BCUT2D eigenvalue weighted by atomic mass is 9.84. The number of hydrogen-bond donors (Lipinski definition) is 2. The number of piperidine rings is 2. The minimum Gasteiger partial charge on any atom is -0.337 e. The van der Waals surface area contributed by atoms with Gasteiger partial charge in [-0.2, -0.15) is 0 Å². The molecule has 3 N–H and O–H groups in total. The molecule has 0 saturated carbocycles. The van der Waals surface area contributed by atoms with Gasteiger partial charge in [-0.05, 0) is 38.8 Å². The molecule has 0 radical (unpaired) electrons. The van der Waals surface area contributed by atoms with Crippen molar-refractivity contribution in [1.29, 1.82) is 0 Å². The molecule has 2 aliphatic rings. The summed E-state index contributed by atoms with van der Waals surface area (Å²) in [4.78, 5) is 25.1. The molecule has 1 aromatic rings. The summed E-state index contributed by atoms with van der Waals surface area (Å²) in [6.45, 7) is 2.80. The van der Waals surface area contributed by atoms with E-state index in [-0.39, 0.29) is 5.91 Å². The molecular formula is C14H22N6O. The molecule has 2 fully saturated rings. The van der Waals surface area contributed by atoms with Crippen LogP contribution in [0.15, 0.2) is 12.4 Å². The van der Waals surface area contributed by atoms with E-state index < -0.39 is 0 Å². The Hall–Kier alpha value is -1.73. The van der Waals surface area contributed by atoms with Gasteiger partial charge in [-0.1, -0.05) is 0 Å². The van der Waals surface area contributed by atoms with Crippen LogP contribution in [-0.4, -0.2) is 58.4 Å². The molecule has 3 rings (SSSR count). The molecule has 0 bridgehead atoms. The van der Waals surface area contributed by atoms with Crippen LogP contribution in [0.25, 0.3) is 0 Å². The minimum absolute atomic E-state index is 0.0299. The first-order valence-electron chi connectivity index (χ1n) is 7.47. The van der Waals surface area contributed by atoms with Gasteiger partial charge in [0.25, 0.3) is 5.91 Å². The average Bonchev–Trinajstić information content (AvgIpc) is 2.54. The molecule has 2 saturated heterocycles. The number of nitrogens with zero attached hydrogens (tertiary/aromatic N) is 4. The average molecular weight is 290 g/mol. The fourth-order valence-corrected chi connectivity index (χ4v) is 3.51. The van der Waals surface area contributed by atoms with E-state index in [1.54, 1.807) is 0 Å². The van der Waals surface area contributed by atoms with Crippen LogP contribution < -0.4 is 11.3 Å². The monoisotopic (exact) mass is 290 g/mol. The smallest absolute Gasteiger partial charge is 0.274 e. The highest BCUT2D eigenvalue weighted by atomic mass is 16.2. The lowest BCUT2D eigenvalue weighted by Crippen LogP contribution is -2.54. The molecule has 1 aromatic heterocycles. The number of fused-ring (bicyclic) bond motifs is 1. The van der Waals surface area contributed by atoms with Gasteiger partial charge in [-0.15, -0.1) is 0 Å². The van der Waals surface area contributed by atoms with E-state index in [4.69, 9.17) is 5.84 Å². The topological polar surface area (TPSA) is 87.4 Å². The Morgan fingerprint density at radius 3 is 2.90 bits per heavy atom. The lowest BCUT2D eigenvalue weighted by Gasteiger charge is -2.45. The van der Waals surface area contributed by atoms with Crippen molar-refractivity contribution in [2.24, 2.45) is 11.8 Å². The Labute approximate surface area is 124 Å². The largest absolute Gasteiger partial charge is 0.337 e. The van der Waals surface area contributed by atoms with E-state index in [1.165, 1.54) is 31.8 Å². The number of carbonyl (C=O) groups is 1. The first kappa shape index (κ1) is 14.2. The number of aromatic nitrogens is 2. The van der Waals surface area contributed by atoms with Gasteiger partial charge in [-0.25, -0.2) is 15.8 Å². The van der Waals surface area contributed by atoms with Crippen LogP contribution in [0, 0.1) is 5.92 Å². The van der Waals surface area contributed by atoms with Crippen molar-refractivity contribution in [1.82, 2.24) is 19.8 Å². The van der Waals surface area contributed by atoms with Crippen molar-refractivity contribution in [2.45, 2.75) is 25.3 Å². The van der Waals surface area contributed by atoms with Gasteiger partial charge in [-0.3, -0.25) is 4.79 Å². The summed E-state index contributed by atoms with van der Waals surface area (Å²) in [5, 5.41) is 0. The van der Waals surface area contributed by atoms with Crippen molar-refractivity contribution in [3.05, 3.63) is 18.1 Å². The third kappa shape index (κ3) is 2.84. The van der Waals surface area contributed by atoms with Gasteiger partial charge in [0.1, 0.15) is 5.69 Å². The number of likely N-dealkylation sites (tertiary alicyclic amines) is 2.